The van der Waals surface area contributed by atoms with Gasteiger partial charge in [0.25, 0.3) is 0 Å². The average Bonchev–Trinajstić information content (AvgIpc) is 2.69. The predicted octanol–water partition coefficient (Wildman–Crippen LogP) is 4.56. The van der Waals surface area contributed by atoms with Gasteiger partial charge in [-0.2, -0.15) is 0 Å². The van der Waals surface area contributed by atoms with Gasteiger partial charge >= 0.3 is 0 Å². The smallest absolute Gasteiger partial charge is 0.230 e. The molecule has 0 aliphatic rings. The Hall–Kier alpha value is -3.47. The molecule has 0 heterocycles. The standard InChI is InChI=1S/C21H19N3O2/c25-24(26)16-20(17-10-4-1-5-11-17)23-21(18-12-6-2-7-13-18)22-19-14-8-3-9-15-19/h1-15,20H,16H2,(H,22,23). The number of nitro groups is 1. The van der Waals surface area contributed by atoms with Crippen molar-refractivity contribution in [3.8, 4) is 0 Å². The quantitative estimate of drug-likeness (QED) is 0.308. The summed E-state index contributed by atoms with van der Waals surface area (Å²) in [5.74, 6) is 0.604. The van der Waals surface area contributed by atoms with E-state index in [2.05, 4.69) is 5.32 Å². The predicted molar refractivity (Wildman–Crippen MR) is 104 cm³/mol. The highest BCUT2D eigenvalue weighted by Crippen LogP contribution is 2.20. The van der Waals surface area contributed by atoms with Gasteiger partial charge in [0.1, 0.15) is 11.9 Å². The van der Waals surface area contributed by atoms with Gasteiger partial charge in [0.15, 0.2) is 0 Å². The van der Waals surface area contributed by atoms with Crippen molar-refractivity contribution in [1.29, 1.82) is 0 Å². The number of amidine groups is 1. The number of nitrogens with zero attached hydrogens (tertiary/aromatic N) is 2. The van der Waals surface area contributed by atoms with Crippen LogP contribution in [0.2, 0.25) is 0 Å². The molecule has 0 fully saturated rings. The first-order valence-corrected chi connectivity index (χ1v) is 8.34. The normalized spacial score (nSPS) is 12.4. The lowest BCUT2D eigenvalue weighted by Crippen LogP contribution is -2.19. The van der Waals surface area contributed by atoms with Crippen molar-refractivity contribution in [2.24, 2.45) is 4.99 Å². The zero-order valence-corrected chi connectivity index (χ0v) is 14.2. The van der Waals surface area contributed by atoms with Crippen molar-refractivity contribution in [2.75, 3.05) is 11.9 Å². The van der Waals surface area contributed by atoms with E-state index in [1.54, 1.807) is 0 Å². The summed E-state index contributed by atoms with van der Waals surface area (Å²) in [5.41, 5.74) is 2.57. The molecule has 130 valence electrons. The highest BCUT2D eigenvalue weighted by molar-refractivity contribution is 6.08. The molecule has 0 aliphatic heterocycles. The Morgan fingerprint density at radius 3 is 2.00 bits per heavy atom. The van der Waals surface area contributed by atoms with E-state index in [1.807, 2.05) is 91.0 Å². The molecule has 1 N–H and O–H groups in total. The van der Waals surface area contributed by atoms with Crippen molar-refractivity contribution in [3.05, 3.63) is 112 Å². The van der Waals surface area contributed by atoms with Crippen LogP contribution in [0, 0.1) is 10.1 Å². The second kappa shape index (κ2) is 8.58. The van der Waals surface area contributed by atoms with Crippen LogP contribution in [0.5, 0.6) is 0 Å². The molecule has 26 heavy (non-hydrogen) atoms. The summed E-state index contributed by atoms with van der Waals surface area (Å²) < 4.78 is 0. The third kappa shape index (κ3) is 4.77. The Morgan fingerprint density at radius 2 is 1.42 bits per heavy atom. The molecule has 0 spiro atoms. The van der Waals surface area contributed by atoms with Gasteiger partial charge in [-0.05, 0) is 17.7 Å². The van der Waals surface area contributed by atoms with Crippen molar-refractivity contribution in [1.82, 2.24) is 0 Å². The summed E-state index contributed by atoms with van der Waals surface area (Å²) >= 11 is 0. The molecule has 0 saturated carbocycles. The third-order valence-electron chi connectivity index (χ3n) is 3.88. The molecule has 0 radical (unpaired) electrons. The molecular formula is C21H19N3O2. The average molecular weight is 345 g/mol. The van der Waals surface area contributed by atoms with Crippen LogP contribution in [0.3, 0.4) is 0 Å². The van der Waals surface area contributed by atoms with Crippen LogP contribution in [-0.4, -0.2) is 17.3 Å². The van der Waals surface area contributed by atoms with Gasteiger partial charge in [-0.1, -0.05) is 78.9 Å². The fourth-order valence-corrected chi connectivity index (χ4v) is 2.63. The molecule has 3 aromatic carbocycles. The molecule has 1 atom stereocenters. The zero-order valence-electron chi connectivity index (χ0n) is 14.2. The highest BCUT2D eigenvalue weighted by Gasteiger charge is 2.18. The Morgan fingerprint density at radius 1 is 0.885 bits per heavy atom. The minimum Gasteiger partial charge on any atom is -0.340 e. The summed E-state index contributed by atoms with van der Waals surface area (Å²) in [6.07, 6.45) is 0. The van der Waals surface area contributed by atoms with E-state index in [0.29, 0.717) is 5.84 Å². The molecular weight excluding hydrogens is 326 g/mol. The maximum atomic E-state index is 11.2. The Balaban J connectivity index is 2.01. The van der Waals surface area contributed by atoms with Crippen LogP contribution in [0.1, 0.15) is 17.2 Å². The second-order valence-electron chi connectivity index (χ2n) is 5.78. The minimum atomic E-state index is -0.572. The molecule has 1 unspecified atom stereocenters. The molecule has 0 aromatic heterocycles. The van der Waals surface area contributed by atoms with Crippen LogP contribution in [0.4, 0.5) is 5.69 Å². The first-order valence-electron chi connectivity index (χ1n) is 8.34. The van der Waals surface area contributed by atoms with Gasteiger partial charge in [-0.25, -0.2) is 0 Å². The van der Waals surface area contributed by atoms with Crippen LogP contribution < -0.4 is 5.32 Å². The first kappa shape index (κ1) is 17.4. The van der Waals surface area contributed by atoms with Crippen molar-refractivity contribution in [3.63, 3.8) is 0 Å². The highest BCUT2D eigenvalue weighted by atomic mass is 16.6. The maximum absolute atomic E-state index is 11.2. The lowest BCUT2D eigenvalue weighted by atomic mass is 10.1. The number of benzene rings is 3. The number of aliphatic imine (C=N–C) groups is 1. The summed E-state index contributed by atoms with van der Waals surface area (Å²) in [6, 6.07) is 28.1. The summed E-state index contributed by atoms with van der Waals surface area (Å²) in [5, 5.41) is 14.5. The van der Waals surface area contributed by atoms with E-state index in [1.165, 1.54) is 0 Å². The number of rotatable bonds is 6. The van der Waals surface area contributed by atoms with Gasteiger partial charge in [0, 0.05) is 16.2 Å². The van der Waals surface area contributed by atoms with E-state index in [-0.39, 0.29) is 11.5 Å². The lowest BCUT2D eigenvalue weighted by molar-refractivity contribution is -0.483. The third-order valence-corrected chi connectivity index (χ3v) is 3.88. The fraction of sp³-hybridized carbons (Fsp3) is 0.0952. The topological polar surface area (TPSA) is 67.5 Å². The molecule has 3 rings (SSSR count). The summed E-state index contributed by atoms with van der Waals surface area (Å²) in [4.78, 5) is 15.6. The van der Waals surface area contributed by atoms with E-state index in [4.69, 9.17) is 4.99 Å². The van der Waals surface area contributed by atoms with Crippen LogP contribution >= 0.6 is 0 Å². The van der Waals surface area contributed by atoms with E-state index >= 15 is 0 Å². The number of hydrogen-bond acceptors (Lipinski definition) is 3. The Bertz CT molecular complexity index is 866. The van der Waals surface area contributed by atoms with Gasteiger partial charge < -0.3 is 5.32 Å². The van der Waals surface area contributed by atoms with Gasteiger partial charge in [0.05, 0.1) is 0 Å². The van der Waals surface area contributed by atoms with Crippen molar-refractivity contribution in [2.45, 2.75) is 6.04 Å². The monoisotopic (exact) mass is 345 g/mol. The lowest BCUT2D eigenvalue weighted by Gasteiger charge is -2.15. The molecule has 0 aliphatic carbocycles. The SMILES string of the molecule is O=[N+]([O-])CC(N=C(Nc1ccccc1)c1ccccc1)c1ccccc1. The Kier molecular flexibility index (Phi) is 5.72. The molecule has 3 aromatic rings. The maximum Gasteiger partial charge on any atom is 0.230 e. The van der Waals surface area contributed by atoms with Crippen molar-refractivity contribution < 1.29 is 4.92 Å². The molecule has 5 nitrogen and oxygen atoms in total. The van der Waals surface area contributed by atoms with Crippen LogP contribution in [0.15, 0.2) is 96.0 Å². The van der Waals surface area contributed by atoms with Crippen LogP contribution in [0.25, 0.3) is 0 Å². The summed E-state index contributed by atoms with van der Waals surface area (Å²) in [6.45, 7) is -0.267. The number of hydrogen-bond donors (Lipinski definition) is 1. The minimum absolute atomic E-state index is 0.267. The number of para-hydroxylation sites is 1. The van der Waals surface area contributed by atoms with E-state index < -0.39 is 6.04 Å². The zero-order chi connectivity index (χ0) is 18.2. The number of nitrogens with one attached hydrogen (secondary N) is 1. The Labute approximate surface area is 152 Å². The molecule has 0 saturated heterocycles. The number of anilines is 1. The van der Waals surface area contributed by atoms with Gasteiger partial charge in [0.2, 0.25) is 6.54 Å². The van der Waals surface area contributed by atoms with E-state index in [0.717, 1.165) is 16.8 Å². The van der Waals surface area contributed by atoms with Crippen molar-refractivity contribution >= 4 is 11.5 Å². The summed E-state index contributed by atoms with van der Waals surface area (Å²) in [7, 11) is 0. The molecule has 0 bridgehead atoms. The van der Waals surface area contributed by atoms with Crippen LogP contribution in [-0.2, 0) is 0 Å². The second-order valence-corrected chi connectivity index (χ2v) is 5.78. The van der Waals surface area contributed by atoms with E-state index in [9.17, 15) is 10.1 Å². The first-order chi connectivity index (χ1) is 12.7. The largest absolute Gasteiger partial charge is 0.340 e. The van der Waals surface area contributed by atoms with Gasteiger partial charge in [-0.3, -0.25) is 15.1 Å². The fourth-order valence-electron chi connectivity index (χ4n) is 2.63. The molecule has 5 heteroatoms. The van der Waals surface area contributed by atoms with Gasteiger partial charge in [-0.15, -0.1) is 0 Å². The molecule has 0 amide bonds.